The monoisotopic (exact) mass is 735 g/mol. The molecule has 51 heavy (non-hydrogen) atoms. The second-order valence-electron chi connectivity index (χ2n) is 13.3. The molecule has 3 N–H and O–H groups in total. The lowest BCUT2D eigenvalue weighted by molar-refractivity contribution is -0.141. The van der Waals surface area contributed by atoms with Crippen molar-refractivity contribution in [3.63, 3.8) is 0 Å². The van der Waals surface area contributed by atoms with Crippen LogP contribution in [0.5, 0.6) is 0 Å². The summed E-state index contributed by atoms with van der Waals surface area (Å²) in [6.45, 7) is 1.84. The van der Waals surface area contributed by atoms with Crippen molar-refractivity contribution in [1.29, 1.82) is 0 Å². The molecule has 1 unspecified atom stereocenters. The number of carbonyl (C=O) groups excluding carboxylic acids is 3. The number of carbonyl (C=O) groups is 3. The highest BCUT2D eigenvalue weighted by Gasteiger charge is 2.54. The first-order chi connectivity index (χ1) is 24.5. The van der Waals surface area contributed by atoms with Gasteiger partial charge in [0.1, 0.15) is 6.23 Å². The molecule has 270 valence electrons. The second kappa shape index (κ2) is 15.5. The van der Waals surface area contributed by atoms with E-state index in [9.17, 15) is 27.9 Å². The van der Waals surface area contributed by atoms with Gasteiger partial charge in [0.15, 0.2) is 5.60 Å². The Morgan fingerprint density at radius 1 is 1.04 bits per heavy atom. The molecule has 1 aliphatic carbocycles. The van der Waals surface area contributed by atoms with Crippen molar-refractivity contribution < 1.29 is 32.7 Å². The van der Waals surface area contributed by atoms with E-state index in [-0.39, 0.29) is 43.3 Å². The Bertz CT molecular complexity index is 1880. The van der Waals surface area contributed by atoms with Gasteiger partial charge in [0.25, 0.3) is 15.9 Å². The molecule has 12 nitrogen and oxygen atoms in total. The van der Waals surface area contributed by atoms with Gasteiger partial charge in [-0.25, -0.2) is 8.42 Å². The number of likely N-dealkylation sites (tertiary alicyclic amines) is 1. The maximum absolute atomic E-state index is 14.1. The zero-order valence-corrected chi connectivity index (χ0v) is 29.9. The fraction of sp³-hybridized carbons (Fsp3) is 0.405. The summed E-state index contributed by atoms with van der Waals surface area (Å²) in [5.41, 5.74) is 0.820. The fourth-order valence-corrected chi connectivity index (χ4v) is 8.33. The molecule has 3 aromatic rings. The molecule has 3 aromatic carbocycles. The van der Waals surface area contributed by atoms with Crippen LogP contribution in [0.2, 0.25) is 5.02 Å². The number of halogens is 1. The molecular formula is C37H42ClN5O7S. The van der Waals surface area contributed by atoms with E-state index in [4.69, 9.17) is 16.4 Å². The molecule has 2 aliphatic heterocycles. The van der Waals surface area contributed by atoms with E-state index in [0.717, 1.165) is 18.4 Å². The number of ketones is 1. The lowest BCUT2D eigenvalue weighted by atomic mass is 9.91. The van der Waals surface area contributed by atoms with Crippen molar-refractivity contribution >= 4 is 50.6 Å². The summed E-state index contributed by atoms with van der Waals surface area (Å²) >= 11 is 6.24. The standard InChI is InChI=1S/C37H42ClN5O7S/c1-2-10-30(34(45)36(47)39-27-17-18-27)40-35(46)32-23-37(22-31(41-50-37)25-11-9-12-26(38)21-25)24-42(32)33(44)19-20-43(28-13-5-3-6-14-28)51(48,49)29-15-7-4-8-16-29/h3-9,11-16,21,27,30,32-33,44H,2,10,17-20,22-24H2,1H3,(H,39,47)(H,40,46)/t30-,32-,33?,37+/m0/s1. The van der Waals surface area contributed by atoms with Gasteiger partial charge in [-0.1, -0.05) is 78.6 Å². The van der Waals surface area contributed by atoms with Gasteiger partial charge in [-0.2, -0.15) is 0 Å². The summed E-state index contributed by atoms with van der Waals surface area (Å²) in [6, 6.07) is 21.8. The number of Topliss-reactive ketones (excluding diaryl/α,β-unsaturated/α-hetero) is 1. The number of anilines is 1. The number of aliphatic hydroxyl groups is 1. The highest BCUT2D eigenvalue weighted by atomic mass is 35.5. The van der Waals surface area contributed by atoms with Gasteiger partial charge >= 0.3 is 0 Å². The van der Waals surface area contributed by atoms with Crippen LogP contribution in [0.4, 0.5) is 5.69 Å². The molecule has 1 saturated heterocycles. The van der Waals surface area contributed by atoms with Crippen LogP contribution in [0.25, 0.3) is 0 Å². The van der Waals surface area contributed by atoms with E-state index < -0.39 is 51.5 Å². The molecule has 14 heteroatoms. The smallest absolute Gasteiger partial charge is 0.289 e. The van der Waals surface area contributed by atoms with Crippen LogP contribution in [-0.2, 0) is 29.2 Å². The highest BCUT2D eigenvalue weighted by Crippen LogP contribution is 2.40. The van der Waals surface area contributed by atoms with Crippen LogP contribution in [-0.4, -0.2) is 84.8 Å². The van der Waals surface area contributed by atoms with Gasteiger partial charge in [0.2, 0.25) is 11.7 Å². The third kappa shape index (κ3) is 8.44. The van der Waals surface area contributed by atoms with Crippen molar-refractivity contribution in [1.82, 2.24) is 15.5 Å². The van der Waals surface area contributed by atoms with Crippen LogP contribution < -0.4 is 14.9 Å². The SMILES string of the molecule is CCC[C@H](NC(=O)[C@@H]1C[C@]2(CC(c3cccc(Cl)c3)=NO2)CN1C(O)CCN(c1ccccc1)S(=O)(=O)c1ccccc1)C(=O)C(=O)NC1CC1. The Hall–Kier alpha value is -4.30. The third-order valence-electron chi connectivity index (χ3n) is 9.43. The predicted molar refractivity (Wildman–Crippen MR) is 193 cm³/mol. The zero-order valence-electron chi connectivity index (χ0n) is 28.3. The Balaban J connectivity index is 1.24. The van der Waals surface area contributed by atoms with Gasteiger partial charge in [-0.05, 0) is 55.7 Å². The van der Waals surface area contributed by atoms with Crippen LogP contribution in [0.15, 0.2) is 95.0 Å². The number of oxime groups is 1. The third-order valence-corrected chi connectivity index (χ3v) is 11.5. The summed E-state index contributed by atoms with van der Waals surface area (Å²) in [4.78, 5) is 47.6. The van der Waals surface area contributed by atoms with Gasteiger partial charge in [0.05, 0.1) is 28.4 Å². The fourth-order valence-electron chi connectivity index (χ4n) is 6.64. The minimum atomic E-state index is -4.02. The number of para-hydroxylation sites is 1. The van der Waals surface area contributed by atoms with Crippen LogP contribution in [0.1, 0.15) is 57.4 Å². The molecule has 0 radical (unpaired) electrons. The summed E-state index contributed by atoms with van der Waals surface area (Å²) in [5.74, 6) is -1.99. The van der Waals surface area contributed by atoms with E-state index in [1.54, 1.807) is 71.6 Å². The zero-order chi connectivity index (χ0) is 36.2. The van der Waals surface area contributed by atoms with Crippen molar-refractivity contribution in [2.45, 2.75) is 86.7 Å². The predicted octanol–water partition coefficient (Wildman–Crippen LogP) is 4.01. The van der Waals surface area contributed by atoms with Gasteiger partial charge < -0.3 is 20.6 Å². The topological polar surface area (TPSA) is 158 Å². The summed E-state index contributed by atoms with van der Waals surface area (Å²) < 4.78 is 29.0. The maximum atomic E-state index is 14.1. The first-order valence-corrected chi connectivity index (χ1v) is 19.0. The van der Waals surface area contributed by atoms with E-state index in [1.165, 1.54) is 16.4 Å². The van der Waals surface area contributed by atoms with E-state index in [1.807, 2.05) is 13.0 Å². The summed E-state index contributed by atoms with van der Waals surface area (Å²) in [7, 11) is -4.02. The number of benzene rings is 3. The molecule has 6 rings (SSSR count). The molecule has 3 aliphatic rings. The average molecular weight is 736 g/mol. The molecule has 1 saturated carbocycles. The van der Waals surface area contributed by atoms with E-state index in [2.05, 4.69) is 15.8 Å². The van der Waals surface area contributed by atoms with E-state index in [0.29, 0.717) is 29.3 Å². The van der Waals surface area contributed by atoms with Gasteiger partial charge in [0, 0.05) is 49.0 Å². The summed E-state index contributed by atoms with van der Waals surface area (Å²) in [6.07, 6.45) is 1.50. The molecule has 1 spiro atoms. The molecular weight excluding hydrogens is 694 g/mol. The van der Waals surface area contributed by atoms with Crippen molar-refractivity contribution in [2.75, 3.05) is 17.4 Å². The lowest BCUT2D eigenvalue weighted by Crippen LogP contribution is -2.54. The lowest BCUT2D eigenvalue weighted by Gasteiger charge is -2.32. The molecule has 4 atom stereocenters. The molecule has 2 amide bonds. The second-order valence-corrected chi connectivity index (χ2v) is 15.6. The normalized spacial score (nSPS) is 21.4. The highest BCUT2D eigenvalue weighted by molar-refractivity contribution is 7.92. The number of rotatable bonds is 15. The Morgan fingerprint density at radius 3 is 2.41 bits per heavy atom. The van der Waals surface area contributed by atoms with Gasteiger partial charge in [-0.15, -0.1) is 0 Å². The number of nitrogens with zero attached hydrogens (tertiary/aromatic N) is 3. The van der Waals surface area contributed by atoms with Crippen LogP contribution >= 0.6 is 11.6 Å². The molecule has 0 bridgehead atoms. The first kappa shape index (κ1) is 36.5. The summed E-state index contributed by atoms with van der Waals surface area (Å²) in [5, 5.41) is 22.2. The number of sulfonamides is 1. The largest absolute Gasteiger partial charge is 0.387 e. The Morgan fingerprint density at radius 2 is 1.75 bits per heavy atom. The Labute approximate surface area is 302 Å². The minimum Gasteiger partial charge on any atom is -0.387 e. The number of hydrogen-bond acceptors (Lipinski definition) is 9. The Kier molecular flexibility index (Phi) is 11.1. The quantitative estimate of drug-likeness (QED) is 0.198. The van der Waals surface area contributed by atoms with Gasteiger partial charge in [-0.3, -0.25) is 23.6 Å². The maximum Gasteiger partial charge on any atom is 0.289 e. The molecule has 2 heterocycles. The van der Waals surface area contributed by atoms with E-state index >= 15 is 0 Å². The number of amides is 2. The minimum absolute atomic E-state index is 0.0193. The van der Waals surface area contributed by atoms with Crippen molar-refractivity contribution in [3.8, 4) is 0 Å². The van der Waals surface area contributed by atoms with Crippen molar-refractivity contribution in [2.24, 2.45) is 5.16 Å². The first-order valence-electron chi connectivity index (χ1n) is 17.2. The number of aliphatic hydroxyl groups excluding tert-OH is 1. The van der Waals surface area contributed by atoms with Crippen LogP contribution in [0, 0.1) is 0 Å². The molecule has 2 fully saturated rings. The average Bonchev–Trinajstić information content (AvgIpc) is 3.72. The van der Waals surface area contributed by atoms with Crippen LogP contribution in [0.3, 0.4) is 0 Å². The molecule has 0 aromatic heterocycles. The number of hydrogen-bond donors (Lipinski definition) is 3. The number of nitrogens with one attached hydrogen (secondary N) is 2. The van der Waals surface area contributed by atoms with Crippen molar-refractivity contribution in [3.05, 3.63) is 95.5 Å².